The zero-order valence-electron chi connectivity index (χ0n) is 10.6. The van der Waals surface area contributed by atoms with Crippen LogP contribution in [0.5, 0.6) is 0 Å². The van der Waals surface area contributed by atoms with Crippen molar-refractivity contribution < 1.29 is 9.84 Å². The number of nitrogens with one attached hydrogen (secondary N) is 1. The highest BCUT2D eigenvalue weighted by Crippen LogP contribution is 2.23. The first kappa shape index (κ1) is 13.1. The van der Waals surface area contributed by atoms with E-state index in [4.69, 9.17) is 10.6 Å². The predicted molar refractivity (Wildman–Crippen MR) is 70.3 cm³/mol. The summed E-state index contributed by atoms with van der Waals surface area (Å²) in [7, 11) is 1.91. The van der Waals surface area contributed by atoms with Gasteiger partial charge >= 0.3 is 0 Å². The number of pyridine rings is 1. The van der Waals surface area contributed by atoms with E-state index in [1.165, 1.54) is 0 Å². The molecule has 1 aromatic heterocycles. The summed E-state index contributed by atoms with van der Waals surface area (Å²) < 4.78 is 5.27. The molecule has 0 aliphatic carbocycles. The zero-order chi connectivity index (χ0) is 13.0. The van der Waals surface area contributed by atoms with Crippen molar-refractivity contribution in [2.45, 2.75) is 18.4 Å². The minimum atomic E-state index is -0.694. The number of ether oxygens (including phenoxy) is 1. The Morgan fingerprint density at radius 3 is 2.89 bits per heavy atom. The summed E-state index contributed by atoms with van der Waals surface area (Å²) in [4.78, 5) is 6.27. The average Bonchev–Trinajstić information content (AvgIpc) is 2.39. The Hall–Kier alpha value is -1.37. The van der Waals surface area contributed by atoms with Crippen LogP contribution >= 0.6 is 0 Å². The fraction of sp³-hybridized carbons (Fsp3) is 0.583. The highest BCUT2D eigenvalue weighted by molar-refractivity contribution is 5.46. The quantitative estimate of drug-likeness (QED) is 0.529. The second kappa shape index (κ2) is 5.51. The van der Waals surface area contributed by atoms with Gasteiger partial charge in [-0.05, 0) is 12.1 Å². The molecular weight excluding hydrogens is 232 g/mol. The van der Waals surface area contributed by atoms with E-state index in [-0.39, 0.29) is 0 Å². The van der Waals surface area contributed by atoms with Gasteiger partial charge in [0.2, 0.25) is 0 Å². The number of nitrogens with zero attached hydrogens (tertiary/aromatic N) is 2. The van der Waals surface area contributed by atoms with Gasteiger partial charge in [0.25, 0.3) is 0 Å². The van der Waals surface area contributed by atoms with Crippen molar-refractivity contribution in [3.63, 3.8) is 0 Å². The zero-order valence-corrected chi connectivity index (χ0v) is 10.6. The van der Waals surface area contributed by atoms with Crippen LogP contribution in [0.15, 0.2) is 18.2 Å². The summed E-state index contributed by atoms with van der Waals surface area (Å²) in [6.07, 6.45) is 1.32. The number of nitrogens with two attached hydrogens (primary N) is 1. The number of aromatic nitrogens is 1. The Balaban J connectivity index is 2.03. The Kier molecular flexibility index (Phi) is 4.00. The van der Waals surface area contributed by atoms with E-state index in [0.717, 1.165) is 5.82 Å². The van der Waals surface area contributed by atoms with Crippen molar-refractivity contribution in [3.05, 3.63) is 18.2 Å². The molecule has 1 aromatic rings. The smallest absolute Gasteiger partial charge is 0.142 e. The van der Waals surface area contributed by atoms with Crippen LogP contribution in [0.1, 0.15) is 12.8 Å². The first-order chi connectivity index (χ1) is 8.63. The molecule has 100 valence electrons. The van der Waals surface area contributed by atoms with Gasteiger partial charge in [-0.25, -0.2) is 10.8 Å². The lowest BCUT2D eigenvalue weighted by Gasteiger charge is -2.35. The number of rotatable bonds is 4. The van der Waals surface area contributed by atoms with Crippen LogP contribution in [0, 0.1) is 0 Å². The molecule has 1 aliphatic rings. The number of likely N-dealkylation sites (N-methyl/N-ethyl adjacent to an activating group) is 1. The Labute approximate surface area is 107 Å². The minimum absolute atomic E-state index is 0.539. The lowest BCUT2D eigenvalue weighted by atomic mass is 9.94. The first-order valence-corrected chi connectivity index (χ1v) is 6.08. The lowest BCUT2D eigenvalue weighted by Crippen LogP contribution is -2.46. The first-order valence-electron chi connectivity index (χ1n) is 6.08. The van der Waals surface area contributed by atoms with Crippen LogP contribution < -0.4 is 16.2 Å². The largest absolute Gasteiger partial charge is 0.388 e. The summed E-state index contributed by atoms with van der Waals surface area (Å²) in [5.41, 5.74) is 1.82. The van der Waals surface area contributed by atoms with Crippen molar-refractivity contribution in [1.82, 2.24) is 4.98 Å². The molecule has 0 spiro atoms. The van der Waals surface area contributed by atoms with E-state index in [0.29, 0.717) is 38.4 Å². The van der Waals surface area contributed by atoms with Crippen LogP contribution in [-0.2, 0) is 4.74 Å². The Morgan fingerprint density at radius 1 is 1.50 bits per heavy atom. The third kappa shape index (κ3) is 3.10. The van der Waals surface area contributed by atoms with E-state index >= 15 is 0 Å². The van der Waals surface area contributed by atoms with Crippen LogP contribution in [-0.4, -0.2) is 42.5 Å². The third-order valence-electron chi connectivity index (χ3n) is 3.23. The molecule has 6 nitrogen and oxygen atoms in total. The average molecular weight is 252 g/mol. The van der Waals surface area contributed by atoms with Crippen LogP contribution in [0.4, 0.5) is 11.6 Å². The summed E-state index contributed by atoms with van der Waals surface area (Å²) in [6, 6.07) is 5.56. The topological polar surface area (TPSA) is 83.6 Å². The molecule has 6 heteroatoms. The van der Waals surface area contributed by atoms with Crippen molar-refractivity contribution in [3.8, 4) is 0 Å². The molecule has 0 unspecified atom stereocenters. The van der Waals surface area contributed by atoms with E-state index in [1.54, 1.807) is 6.07 Å². The molecule has 0 radical (unpaired) electrons. The van der Waals surface area contributed by atoms with Crippen LogP contribution in [0.25, 0.3) is 0 Å². The highest BCUT2D eigenvalue weighted by Gasteiger charge is 2.31. The molecule has 0 saturated carbocycles. The summed E-state index contributed by atoms with van der Waals surface area (Å²) in [5, 5.41) is 10.4. The van der Waals surface area contributed by atoms with Crippen molar-refractivity contribution >= 4 is 11.6 Å². The van der Waals surface area contributed by atoms with E-state index in [1.807, 2.05) is 24.1 Å². The van der Waals surface area contributed by atoms with Crippen molar-refractivity contribution in [1.29, 1.82) is 0 Å². The van der Waals surface area contributed by atoms with Gasteiger partial charge in [-0.1, -0.05) is 6.07 Å². The molecule has 2 heterocycles. The van der Waals surface area contributed by atoms with Gasteiger partial charge in [-0.15, -0.1) is 0 Å². The summed E-state index contributed by atoms with van der Waals surface area (Å²) in [5.74, 6) is 6.72. The molecular formula is C12H20N4O2. The minimum Gasteiger partial charge on any atom is -0.388 e. The molecule has 0 aromatic carbocycles. The maximum atomic E-state index is 10.4. The SMILES string of the molecule is CN(CC1(O)CCOCC1)c1cccc(NN)n1. The standard InChI is InChI=1S/C12H20N4O2/c1-16(9-12(17)5-7-18-8-6-12)11-4-2-3-10(14-11)15-13/h2-4,17H,5-9,13H2,1H3,(H,14,15). The van der Waals surface area contributed by atoms with Gasteiger partial charge in [0, 0.05) is 39.6 Å². The van der Waals surface area contributed by atoms with E-state index in [9.17, 15) is 5.11 Å². The molecule has 2 rings (SSSR count). The highest BCUT2D eigenvalue weighted by atomic mass is 16.5. The maximum absolute atomic E-state index is 10.4. The van der Waals surface area contributed by atoms with Gasteiger partial charge < -0.3 is 20.2 Å². The number of hydrogen-bond acceptors (Lipinski definition) is 6. The van der Waals surface area contributed by atoms with Crippen molar-refractivity contribution in [2.24, 2.45) is 5.84 Å². The van der Waals surface area contributed by atoms with E-state index < -0.39 is 5.60 Å². The molecule has 0 atom stereocenters. The number of hydrazine groups is 1. The van der Waals surface area contributed by atoms with Crippen LogP contribution in [0.2, 0.25) is 0 Å². The fourth-order valence-corrected chi connectivity index (χ4v) is 2.15. The maximum Gasteiger partial charge on any atom is 0.142 e. The van der Waals surface area contributed by atoms with Gasteiger partial charge in [0.15, 0.2) is 0 Å². The molecule has 1 saturated heterocycles. The normalized spacial score (nSPS) is 18.4. The van der Waals surface area contributed by atoms with E-state index in [2.05, 4.69) is 10.4 Å². The molecule has 4 N–H and O–H groups in total. The van der Waals surface area contributed by atoms with Gasteiger partial charge in [0.1, 0.15) is 11.6 Å². The van der Waals surface area contributed by atoms with Crippen molar-refractivity contribution in [2.75, 3.05) is 37.1 Å². The second-order valence-electron chi connectivity index (χ2n) is 4.72. The second-order valence-corrected chi connectivity index (χ2v) is 4.72. The van der Waals surface area contributed by atoms with Gasteiger partial charge in [-0.3, -0.25) is 0 Å². The molecule has 0 amide bonds. The fourth-order valence-electron chi connectivity index (χ4n) is 2.15. The predicted octanol–water partition coefficient (Wildman–Crippen LogP) is 0.345. The number of anilines is 2. The number of hydrogen-bond donors (Lipinski definition) is 3. The summed E-state index contributed by atoms with van der Waals surface area (Å²) >= 11 is 0. The molecule has 1 aliphatic heterocycles. The van der Waals surface area contributed by atoms with Gasteiger partial charge in [-0.2, -0.15) is 0 Å². The molecule has 0 bridgehead atoms. The molecule has 1 fully saturated rings. The molecule has 18 heavy (non-hydrogen) atoms. The Bertz CT molecular complexity index is 393. The Morgan fingerprint density at radius 2 is 2.22 bits per heavy atom. The summed E-state index contributed by atoms with van der Waals surface area (Å²) in [6.45, 7) is 1.77. The number of nitrogen functional groups attached to an aromatic ring is 1. The number of aliphatic hydroxyl groups is 1. The third-order valence-corrected chi connectivity index (χ3v) is 3.23. The van der Waals surface area contributed by atoms with Crippen LogP contribution in [0.3, 0.4) is 0 Å². The van der Waals surface area contributed by atoms with Gasteiger partial charge in [0.05, 0.1) is 5.60 Å². The monoisotopic (exact) mass is 252 g/mol. The lowest BCUT2D eigenvalue weighted by molar-refractivity contribution is -0.0573.